The number of hydrogen-bond acceptors (Lipinski definition) is 3. The van der Waals surface area contributed by atoms with Crippen LogP contribution in [0.15, 0.2) is 36.4 Å². The number of hydrogen-bond donors (Lipinski definition) is 2. The monoisotopic (exact) mass is 294 g/mol. The molecule has 0 aliphatic heterocycles. The molecule has 0 bridgehead atoms. The first kappa shape index (κ1) is 14.3. The summed E-state index contributed by atoms with van der Waals surface area (Å²) in [5, 5.41) is 13.6. The third-order valence-electron chi connectivity index (χ3n) is 3.82. The van der Waals surface area contributed by atoms with Gasteiger partial charge in [-0.3, -0.25) is 4.79 Å². The Labute approximate surface area is 128 Å². The largest absolute Gasteiger partial charge is 0.321 e. The number of amides is 1. The second-order valence-electron chi connectivity index (χ2n) is 5.14. The molecule has 0 fully saturated rings. The molecule has 5 nitrogen and oxygen atoms in total. The molecule has 0 radical (unpaired) electrons. The number of H-pyrrole nitrogens is 1. The average Bonchev–Trinajstić information content (AvgIpc) is 3.02. The Morgan fingerprint density at radius 3 is 2.41 bits per heavy atom. The van der Waals surface area contributed by atoms with Crippen molar-refractivity contribution >= 4 is 22.6 Å². The van der Waals surface area contributed by atoms with Gasteiger partial charge in [0.1, 0.15) is 11.0 Å². The molecule has 1 heterocycles. The lowest BCUT2D eigenvalue weighted by atomic mass is 10.0. The van der Waals surface area contributed by atoms with Gasteiger partial charge in [0.25, 0.3) is 5.91 Å². The normalized spacial score (nSPS) is 10.8. The molecule has 1 amide bonds. The number of aryl methyl sites for hydroxylation is 2. The van der Waals surface area contributed by atoms with Crippen molar-refractivity contribution in [2.75, 3.05) is 5.32 Å². The number of benzene rings is 2. The van der Waals surface area contributed by atoms with E-state index in [2.05, 4.69) is 46.7 Å². The molecule has 0 unspecified atom stereocenters. The fourth-order valence-electron chi connectivity index (χ4n) is 2.57. The highest BCUT2D eigenvalue weighted by atomic mass is 16.1. The highest BCUT2D eigenvalue weighted by molar-refractivity contribution is 6.06. The highest BCUT2D eigenvalue weighted by Gasteiger charge is 2.12. The smallest absolute Gasteiger partial charge is 0.255 e. The molecular weight excluding hydrogens is 276 g/mol. The lowest BCUT2D eigenvalue weighted by Crippen LogP contribution is -2.14. The maximum Gasteiger partial charge on any atom is 0.255 e. The third-order valence-corrected chi connectivity index (χ3v) is 3.82. The van der Waals surface area contributed by atoms with E-state index in [4.69, 9.17) is 0 Å². The van der Waals surface area contributed by atoms with Gasteiger partial charge >= 0.3 is 0 Å². The van der Waals surface area contributed by atoms with E-state index >= 15 is 0 Å². The number of para-hydroxylation sites is 1. The van der Waals surface area contributed by atoms with Crippen molar-refractivity contribution in [3.63, 3.8) is 0 Å². The van der Waals surface area contributed by atoms with Gasteiger partial charge in [-0.1, -0.05) is 32.0 Å². The summed E-state index contributed by atoms with van der Waals surface area (Å²) in [5.74, 6) is -0.125. The van der Waals surface area contributed by atoms with E-state index in [1.807, 2.05) is 6.07 Å². The Kier molecular flexibility index (Phi) is 3.87. The van der Waals surface area contributed by atoms with E-state index in [0.29, 0.717) is 11.1 Å². The summed E-state index contributed by atoms with van der Waals surface area (Å²) in [4.78, 5) is 12.5. The molecule has 3 rings (SSSR count). The molecule has 3 aromatic rings. The van der Waals surface area contributed by atoms with Gasteiger partial charge < -0.3 is 5.32 Å². The zero-order valence-corrected chi connectivity index (χ0v) is 12.7. The molecule has 0 saturated heterocycles. The van der Waals surface area contributed by atoms with Gasteiger partial charge in [-0.05, 0) is 42.2 Å². The maximum atomic E-state index is 12.5. The van der Waals surface area contributed by atoms with Crippen LogP contribution in [0.4, 0.5) is 5.69 Å². The average molecular weight is 294 g/mol. The van der Waals surface area contributed by atoms with E-state index < -0.39 is 0 Å². The summed E-state index contributed by atoms with van der Waals surface area (Å²) in [6.07, 6.45) is 1.76. The van der Waals surface area contributed by atoms with Crippen molar-refractivity contribution in [2.24, 2.45) is 0 Å². The number of nitrogens with zero attached hydrogens (tertiary/aromatic N) is 2. The first-order valence-electron chi connectivity index (χ1n) is 7.45. The molecule has 2 aromatic carbocycles. The second kappa shape index (κ2) is 5.97. The van der Waals surface area contributed by atoms with Crippen LogP contribution in [0.2, 0.25) is 0 Å². The van der Waals surface area contributed by atoms with Crippen LogP contribution in [0.3, 0.4) is 0 Å². The number of carbonyl (C=O) groups excluding carboxylic acids is 1. The highest BCUT2D eigenvalue weighted by Crippen LogP contribution is 2.23. The van der Waals surface area contributed by atoms with Gasteiger partial charge in [0, 0.05) is 11.3 Å². The lowest BCUT2D eigenvalue weighted by Gasteiger charge is -2.14. The number of fused-ring (bicyclic) bond motifs is 1. The van der Waals surface area contributed by atoms with Gasteiger partial charge in [0.2, 0.25) is 0 Å². The Morgan fingerprint density at radius 1 is 1.05 bits per heavy atom. The van der Waals surface area contributed by atoms with Crippen LogP contribution in [0.5, 0.6) is 0 Å². The summed E-state index contributed by atoms with van der Waals surface area (Å²) in [6, 6.07) is 11.4. The van der Waals surface area contributed by atoms with Crippen molar-refractivity contribution in [3.8, 4) is 0 Å². The van der Waals surface area contributed by atoms with Crippen LogP contribution in [-0.2, 0) is 12.8 Å². The van der Waals surface area contributed by atoms with Crippen LogP contribution >= 0.6 is 0 Å². The summed E-state index contributed by atoms with van der Waals surface area (Å²) >= 11 is 0. The summed E-state index contributed by atoms with van der Waals surface area (Å²) in [7, 11) is 0. The van der Waals surface area contributed by atoms with Gasteiger partial charge in [0.05, 0.1) is 0 Å². The molecule has 0 aliphatic carbocycles. The Bertz CT molecular complexity index is 800. The molecule has 0 aliphatic rings. The van der Waals surface area contributed by atoms with Crippen LogP contribution in [0.25, 0.3) is 11.0 Å². The quantitative estimate of drug-likeness (QED) is 0.775. The lowest BCUT2D eigenvalue weighted by molar-refractivity contribution is 0.102. The van der Waals surface area contributed by atoms with E-state index in [9.17, 15) is 4.79 Å². The van der Waals surface area contributed by atoms with Crippen LogP contribution in [0, 0.1) is 0 Å². The van der Waals surface area contributed by atoms with Crippen molar-refractivity contribution in [1.29, 1.82) is 0 Å². The van der Waals surface area contributed by atoms with Crippen LogP contribution < -0.4 is 5.32 Å². The predicted molar refractivity (Wildman–Crippen MR) is 87.0 cm³/mol. The van der Waals surface area contributed by atoms with Crippen molar-refractivity contribution in [2.45, 2.75) is 26.7 Å². The summed E-state index contributed by atoms with van der Waals surface area (Å²) in [6.45, 7) is 4.18. The fourth-order valence-corrected chi connectivity index (χ4v) is 2.57. The van der Waals surface area contributed by atoms with Crippen molar-refractivity contribution in [1.82, 2.24) is 15.4 Å². The van der Waals surface area contributed by atoms with Gasteiger partial charge in [-0.2, -0.15) is 15.4 Å². The molecule has 22 heavy (non-hydrogen) atoms. The topological polar surface area (TPSA) is 70.7 Å². The minimum Gasteiger partial charge on any atom is -0.321 e. The number of anilines is 1. The Hall–Kier alpha value is -2.69. The molecule has 2 N–H and O–H groups in total. The molecule has 0 atom stereocenters. The van der Waals surface area contributed by atoms with E-state index in [0.717, 1.165) is 35.2 Å². The molecule has 5 heteroatoms. The number of aromatic amines is 1. The first-order valence-corrected chi connectivity index (χ1v) is 7.45. The molecular formula is C17H18N4O. The zero-order valence-electron chi connectivity index (χ0n) is 12.7. The minimum atomic E-state index is -0.125. The number of rotatable bonds is 4. The van der Waals surface area contributed by atoms with Gasteiger partial charge in [-0.15, -0.1) is 0 Å². The Balaban J connectivity index is 1.93. The number of carbonyl (C=O) groups is 1. The van der Waals surface area contributed by atoms with E-state index in [1.54, 1.807) is 18.2 Å². The first-order chi connectivity index (χ1) is 10.7. The fraction of sp³-hybridized carbons (Fsp3) is 0.235. The molecule has 112 valence electrons. The number of nitrogens with one attached hydrogen (secondary N) is 2. The summed E-state index contributed by atoms with van der Waals surface area (Å²) < 4.78 is 0. The summed E-state index contributed by atoms with van der Waals surface area (Å²) in [5.41, 5.74) is 5.24. The SMILES string of the molecule is CCc1cccc(CC)c1NC(=O)c1ccc2n[nH]nc2c1. The zero-order chi connectivity index (χ0) is 15.5. The van der Waals surface area contributed by atoms with Gasteiger partial charge in [0.15, 0.2) is 0 Å². The third kappa shape index (κ3) is 2.57. The standard InChI is InChI=1S/C17H18N4O/c1-3-11-6-5-7-12(4-2)16(11)18-17(22)13-8-9-14-15(10-13)20-21-19-14/h5-10H,3-4H2,1-2H3,(H,18,22)(H,19,20,21). The van der Waals surface area contributed by atoms with Crippen LogP contribution in [-0.4, -0.2) is 21.3 Å². The number of aromatic nitrogens is 3. The van der Waals surface area contributed by atoms with Crippen molar-refractivity contribution < 1.29 is 4.79 Å². The van der Waals surface area contributed by atoms with Crippen LogP contribution in [0.1, 0.15) is 35.3 Å². The van der Waals surface area contributed by atoms with E-state index in [1.165, 1.54) is 0 Å². The van der Waals surface area contributed by atoms with Crippen molar-refractivity contribution in [3.05, 3.63) is 53.1 Å². The van der Waals surface area contributed by atoms with E-state index in [-0.39, 0.29) is 5.91 Å². The predicted octanol–water partition coefficient (Wildman–Crippen LogP) is 3.34. The molecule has 1 aromatic heterocycles. The molecule has 0 saturated carbocycles. The second-order valence-corrected chi connectivity index (χ2v) is 5.14. The molecule has 0 spiro atoms. The minimum absolute atomic E-state index is 0.125. The van der Waals surface area contributed by atoms with Gasteiger partial charge in [-0.25, -0.2) is 0 Å². The maximum absolute atomic E-state index is 12.5. The Morgan fingerprint density at radius 2 is 1.73 bits per heavy atom.